The highest BCUT2D eigenvalue weighted by Gasteiger charge is 2.18. The second-order valence-electron chi connectivity index (χ2n) is 2.36. The maximum absolute atomic E-state index is 10.2. The van der Waals surface area contributed by atoms with Gasteiger partial charge in [-0.15, -0.1) is 0 Å². The third-order valence-electron chi connectivity index (χ3n) is 1.68. The topological polar surface area (TPSA) is 40.5 Å². The van der Waals surface area contributed by atoms with Gasteiger partial charge in [0, 0.05) is 6.54 Å². The molecule has 1 saturated heterocycles. The third kappa shape index (κ3) is 1.50. The number of hydrogen-bond donors (Lipinski definition) is 1. The van der Waals surface area contributed by atoms with Gasteiger partial charge < -0.3 is 10.0 Å². The van der Waals surface area contributed by atoms with Crippen LogP contribution in [0.5, 0.6) is 0 Å². The molecule has 1 N–H and O–H groups in total. The van der Waals surface area contributed by atoms with Gasteiger partial charge in [0.1, 0.15) is 6.29 Å². The fourth-order valence-corrected chi connectivity index (χ4v) is 1.08. The van der Waals surface area contributed by atoms with Crippen molar-refractivity contribution in [2.75, 3.05) is 6.54 Å². The Morgan fingerprint density at radius 1 is 1.56 bits per heavy atom. The summed E-state index contributed by atoms with van der Waals surface area (Å²) < 4.78 is 0. The van der Waals surface area contributed by atoms with Gasteiger partial charge in [0.2, 0.25) is 0 Å². The lowest BCUT2D eigenvalue weighted by Gasteiger charge is -2.25. The highest BCUT2D eigenvalue weighted by molar-refractivity contribution is 5.57. The van der Waals surface area contributed by atoms with E-state index in [-0.39, 0.29) is 6.04 Å². The van der Waals surface area contributed by atoms with Crippen LogP contribution >= 0.6 is 0 Å². The Morgan fingerprint density at radius 3 is 2.78 bits per heavy atom. The van der Waals surface area contributed by atoms with Gasteiger partial charge in [-0.05, 0) is 19.3 Å². The summed E-state index contributed by atoms with van der Waals surface area (Å²) >= 11 is 0. The van der Waals surface area contributed by atoms with Crippen molar-refractivity contribution in [3.05, 3.63) is 0 Å². The minimum Gasteiger partial charge on any atom is -0.313 e. The zero-order valence-electron chi connectivity index (χ0n) is 5.29. The second-order valence-corrected chi connectivity index (χ2v) is 2.36. The molecular weight excluding hydrogens is 118 g/mol. The van der Waals surface area contributed by atoms with Crippen LogP contribution < -0.4 is 0 Å². The maximum Gasteiger partial charge on any atom is 0.139 e. The van der Waals surface area contributed by atoms with Crippen LogP contribution in [-0.2, 0) is 4.79 Å². The molecule has 0 aliphatic carbocycles. The lowest BCUT2D eigenvalue weighted by atomic mass is 10.1. The van der Waals surface area contributed by atoms with E-state index in [0.717, 1.165) is 30.6 Å². The first-order chi connectivity index (χ1) is 4.34. The summed E-state index contributed by atoms with van der Waals surface area (Å²) in [6.45, 7) is 0.642. The molecule has 3 nitrogen and oxygen atoms in total. The van der Waals surface area contributed by atoms with E-state index in [9.17, 15) is 4.79 Å². The molecule has 1 rings (SSSR count). The lowest BCUT2D eigenvalue weighted by molar-refractivity contribution is -0.151. The summed E-state index contributed by atoms with van der Waals surface area (Å²) in [4.78, 5) is 10.2. The van der Waals surface area contributed by atoms with E-state index >= 15 is 0 Å². The highest BCUT2D eigenvalue weighted by Crippen LogP contribution is 2.11. The van der Waals surface area contributed by atoms with E-state index in [0.29, 0.717) is 6.54 Å². The van der Waals surface area contributed by atoms with Crippen molar-refractivity contribution in [1.29, 1.82) is 0 Å². The van der Waals surface area contributed by atoms with Crippen LogP contribution in [-0.4, -0.2) is 29.1 Å². The quantitative estimate of drug-likeness (QED) is 0.522. The van der Waals surface area contributed by atoms with Crippen LogP contribution in [0.25, 0.3) is 0 Å². The Morgan fingerprint density at radius 2 is 2.33 bits per heavy atom. The van der Waals surface area contributed by atoms with Crippen molar-refractivity contribution in [3.8, 4) is 0 Å². The highest BCUT2D eigenvalue weighted by atomic mass is 16.5. The molecule has 1 heterocycles. The fourth-order valence-electron chi connectivity index (χ4n) is 1.08. The van der Waals surface area contributed by atoms with E-state index in [4.69, 9.17) is 5.21 Å². The van der Waals surface area contributed by atoms with Crippen LogP contribution in [0, 0.1) is 0 Å². The van der Waals surface area contributed by atoms with Crippen molar-refractivity contribution in [3.63, 3.8) is 0 Å². The predicted octanol–water partition coefficient (Wildman–Crippen LogP) is 0.429. The van der Waals surface area contributed by atoms with Crippen molar-refractivity contribution >= 4 is 6.29 Å². The van der Waals surface area contributed by atoms with Crippen LogP contribution in [0.15, 0.2) is 0 Å². The van der Waals surface area contributed by atoms with Crippen LogP contribution in [0.2, 0.25) is 0 Å². The molecule has 52 valence electrons. The summed E-state index contributed by atoms with van der Waals surface area (Å²) in [5, 5.41) is 10.1. The molecule has 0 saturated carbocycles. The zero-order valence-corrected chi connectivity index (χ0v) is 5.29. The Hall–Kier alpha value is -0.410. The molecule has 1 fully saturated rings. The zero-order chi connectivity index (χ0) is 6.69. The molecule has 0 aromatic carbocycles. The molecule has 1 atom stereocenters. The van der Waals surface area contributed by atoms with Crippen molar-refractivity contribution in [2.24, 2.45) is 0 Å². The lowest BCUT2D eigenvalue weighted by Crippen LogP contribution is -2.37. The Bertz CT molecular complexity index is 105. The SMILES string of the molecule is O=CC1CCCCN1O. The second kappa shape index (κ2) is 2.94. The molecule has 9 heavy (non-hydrogen) atoms. The van der Waals surface area contributed by atoms with E-state index in [2.05, 4.69) is 0 Å². The van der Waals surface area contributed by atoms with Gasteiger partial charge in [0.15, 0.2) is 0 Å². The number of rotatable bonds is 1. The molecular formula is C6H11NO2. The van der Waals surface area contributed by atoms with Crippen molar-refractivity contribution in [2.45, 2.75) is 25.3 Å². The molecule has 3 heteroatoms. The van der Waals surface area contributed by atoms with Gasteiger partial charge in [-0.3, -0.25) is 0 Å². The first-order valence-corrected chi connectivity index (χ1v) is 3.25. The van der Waals surface area contributed by atoms with Crippen LogP contribution in [0.1, 0.15) is 19.3 Å². The Balaban J connectivity index is 2.38. The molecule has 0 spiro atoms. The van der Waals surface area contributed by atoms with Crippen LogP contribution in [0.3, 0.4) is 0 Å². The Labute approximate surface area is 54.2 Å². The summed E-state index contributed by atoms with van der Waals surface area (Å²) in [5.41, 5.74) is 0. The number of hydrogen-bond acceptors (Lipinski definition) is 3. The third-order valence-corrected chi connectivity index (χ3v) is 1.68. The largest absolute Gasteiger partial charge is 0.313 e. The summed E-state index contributed by atoms with van der Waals surface area (Å²) in [6.07, 6.45) is 3.67. The van der Waals surface area contributed by atoms with Gasteiger partial charge in [-0.25, -0.2) is 0 Å². The number of carbonyl (C=O) groups excluding carboxylic acids is 1. The predicted molar refractivity (Wildman–Crippen MR) is 32.2 cm³/mol. The minimum atomic E-state index is -0.237. The maximum atomic E-state index is 10.2. The molecule has 0 amide bonds. The normalized spacial score (nSPS) is 30.1. The average molecular weight is 129 g/mol. The molecule has 1 aliphatic heterocycles. The first kappa shape index (κ1) is 6.71. The van der Waals surface area contributed by atoms with Gasteiger partial charge in [0.25, 0.3) is 0 Å². The standard InChI is InChI=1S/C6H11NO2/c8-5-6-3-1-2-4-7(6)9/h5-6,9H,1-4H2. The van der Waals surface area contributed by atoms with E-state index < -0.39 is 0 Å². The fraction of sp³-hybridized carbons (Fsp3) is 0.833. The summed E-state index contributed by atoms with van der Waals surface area (Å²) in [7, 11) is 0. The smallest absolute Gasteiger partial charge is 0.139 e. The van der Waals surface area contributed by atoms with E-state index in [1.807, 2.05) is 0 Å². The number of nitrogens with zero attached hydrogens (tertiary/aromatic N) is 1. The first-order valence-electron chi connectivity index (χ1n) is 3.25. The molecule has 0 aromatic rings. The molecule has 0 bridgehead atoms. The molecule has 1 aliphatic rings. The molecule has 0 radical (unpaired) electrons. The molecule has 1 unspecified atom stereocenters. The van der Waals surface area contributed by atoms with Gasteiger partial charge in [-0.2, -0.15) is 5.06 Å². The number of aldehydes is 1. The number of piperidine rings is 1. The van der Waals surface area contributed by atoms with E-state index in [1.165, 1.54) is 0 Å². The van der Waals surface area contributed by atoms with Crippen molar-refractivity contribution < 1.29 is 10.0 Å². The van der Waals surface area contributed by atoms with Crippen LogP contribution in [0.4, 0.5) is 0 Å². The summed E-state index contributed by atoms with van der Waals surface area (Å²) in [6, 6.07) is -0.237. The van der Waals surface area contributed by atoms with E-state index in [1.54, 1.807) is 0 Å². The van der Waals surface area contributed by atoms with Gasteiger partial charge in [0.05, 0.1) is 6.04 Å². The number of carbonyl (C=O) groups is 1. The molecule has 0 aromatic heterocycles. The average Bonchev–Trinajstić information content (AvgIpc) is 1.89. The number of hydroxylamine groups is 2. The summed E-state index contributed by atoms with van der Waals surface area (Å²) in [5.74, 6) is 0. The monoisotopic (exact) mass is 129 g/mol. The van der Waals surface area contributed by atoms with Crippen molar-refractivity contribution in [1.82, 2.24) is 5.06 Å². The minimum absolute atomic E-state index is 0.237. The van der Waals surface area contributed by atoms with Gasteiger partial charge >= 0.3 is 0 Å². The van der Waals surface area contributed by atoms with Gasteiger partial charge in [-0.1, -0.05) is 0 Å². The Kier molecular flexibility index (Phi) is 2.19.